The van der Waals surface area contributed by atoms with Gasteiger partial charge in [0.05, 0.1) is 24.9 Å². The smallest absolute Gasteiger partial charge is 0.255 e. The molecule has 6 heteroatoms. The van der Waals surface area contributed by atoms with Gasteiger partial charge in [-0.15, -0.1) is 11.3 Å². The number of aromatic nitrogens is 1. The van der Waals surface area contributed by atoms with Gasteiger partial charge in [-0.1, -0.05) is 12.1 Å². The van der Waals surface area contributed by atoms with E-state index in [-0.39, 0.29) is 5.91 Å². The van der Waals surface area contributed by atoms with Crippen LogP contribution in [0, 0.1) is 0 Å². The molecule has 5 nitrogen and oxygen atoms in total. The number of carbonyl (C=O) groups excluding carboxylic acids is 1. The standard InChI is InChI=1S/C21H20N2O3S/c1-25-17-9-16(10-18(11-17)26-2)22-20(24)14-5-3-13(4-6-14)19-12-27-21(23-19)15-7-8-15/h3-6,9-12,15H,7-8H2,1-2H3,(H,22,24). The van der Waals surface area contributed by atoms with Gasteiger partial charge >= 0.3 is 0 Å². The molecule has 3 aromatic rings. The van der Waals surface area contributed by atoms with Gasteiger partial charge in [0.25, 0.3) is 5.91 Å². The average Bonchev–Trinajstić information content (AvgIpc) is 3.44. The third kappa shape index (κ3) is 3.95. The molecule has 1 N–H and O–H groups in total. The van der Waals surface area contributed by atoms with Crippen molar-refractivity contribution < 1.29 is 14.3 Å². The fraction of sp³-hybridized carbons (Fsp3) is 0.238. The van der Waals surface area contributed by atoms with Crippen molar-refractivity contribution in [3.05, 3.63) is 58.4 Å². The molecule has 0 atom stereocenters. The van der Waals surface area contributed by atoms with E-state index >= 15 is 0 Å². The SMILES string of the molecule is COc1cc(NC(=O)c2ccc(-c3csc(C4CC4)n3)cc2)cc(OC)c1. The van der Waals surface area contributed by atoms with Crippen molar-refractivity contribution in [3.8, 4) is 22.8 Å². The van der Waals surface area contributed by atoms with Crippen LogP contribution in [0.5, 0.6) is 11.5 Å². The minimum absolute atomic E-state index is 0.186. The van der Waals surface area contributed by atoms with Crippen LogP contribution in [-0.2, 0) is 0 Å². The van der Waals surface area contributed by atoms with E-state index in [1.165, 1.54) is 17.8 Å². The fourth-order valence-electron chi connectivity index (χ4n) is 2.81. The quantitative estimate of drug-likeness (QED) is 0.657. The molecule has 27 heavy (non-hydrogen) atoms. The lowest BCUT2D eigenvalue weighted by Gasteiger charge is -2.10. The number of nitrogens with zero attached hydrogens (tertiary/aromatic N) is 1. The van der Waals surface area contributed by atoms with Gasteiger partial charge in [-0.25, -0.2) is 4.98 Å². The molecule has 1 aliphatic rings. The molecule has 1 saturated carbocycles. The molecule has 1 fully saturated rings. The van der Waals surface area contributed by atoms with Crippen molar-refractivity contribution >= 4 is 22.9 Å². The number of methoxy groups -OCH3 is 2. The van der Waals surface area contributed by atoms with Crippen LogP contribution in [0.25, 0.3) is 11.3 Å². The molecule has 0 spiro atoms. The molecular weight excluding hydrogens is 360 g/mol. The number of rotatable bonds is 6. The molecule has 4 rings (SSSR count). The molecule has 1 aromatic heterocycles. The van der Waals surface area contributed by atoms with Gasteiger partial charge < -0.3 is 14.8 Å². The van der Waals surface area contributed by atoms with Crippen LogP contribution in [-0.4, -0.2) is 25.1 Å². The maximum Gasteiger partial charge on any atom is 0.255 e. The summed E-state index contributed by atoms with van der Waals surface area (Å²) in [6.45, 7) is 0. The first-order valence-electron chi connectivity index (χ1n) is 8.76. The summed E-state index contributed by atoms with van der Waals surface area (Å²) in [6, 6.07) is 12.8. The summed E-state index contributed by atoms with van der Waals surface area (Å²) in [5.41, 5.74) is 3.20. The van der Waals surface area contributed by atoms with Gasteiger partial charge in [-0.2, -0.15) is 0 Å². The van der Waals surface area contributed by atoms with E-state index in [9.17, 15) is 4.79 Å². The van der Waals surface area contributed by atoms with Gasteiger partial charge in [-0.05, 0) is 25.0 Å². The maximum absolute atomic E-state index is 12.6. The predicted octanol–water partition coefficient (Wildman–Crippen LogP) is 4.96. The van der Waals surface area contributed by atoms with Crippen LogP contribution in [0.15, 0.2) is 47.8 Å². The van der Waals surface area contributed by atoms with Crippen LogP contribution in [0.4, 0.5) is 5.69 Å². The molecule has 138 valence electrons. The van der Waals surface area contributed by atoms with E-state index < -0.39 is 0 Å². The lowest BCUT2D eigenvalue weighted by molar-refractivity contribution is 0.102. The van der Waals surface area contributed by atoms with Crippen molar-refractivity contribution in [2.75, 3.05) is 19.5 Å². The zero-order chi connectivity index (χ0) is 18.8. The van der Waals surface area contributed by atoms with Gasteiger partial charge in [0, 0.05) is 46.3 Å². The molecule has 0 aliphatic heterocycles. The summed E-state index contributed by atoms with van der Waals surface area (Å²) in [7, 11) is 3.15. The third-order valence-corrected chi connectivity index (χ3v) is 5.51. The van der Waals surface area contributed by atoms with E-state index in [0.717, 1.165) is 11.3 Å². The molecular formula is C21H20N2O3S. The van der Waals surface area contributed by atoms with Gasteiger partial charge in [0.1, 0.15) is 11.5 Å². The van der Waals surface area contributed by atoms with Crippen LogP contribution in [0.3, 0.4) is 0 Å². The minimum atomic E-state index is -0.186. The Balaban J connectivity index is 1.49. The zero-order valence-corrected chi connectivity index (χ0v) is 16.0. The van der Waals surface area contributed by atoms with Crippen molar-refractivity contribution in [1.82, 2.24) is 4.98 Å². The van der Waals surface area contributed by atoms with Crippen molar-refractivity contribution in [3.63, 3.8) is 0 Å². The first kappa shape index (κ1) is 17.5. The van der Waals surface area contributed by atoms with Crippen LogP contribution in [0.1, 0.15) is 34.1 Å². The Hall–Kier alpha value is -2.86. The number of amides is 1. The first-order chi connectivity index (χ1) is 13.2. The minimum Gasteiger partial charge on any atom is -0.497 e. The van der Waals surface area contributed by atoms with E-state index in [0.29, 0.717) is 28.7 Å². The molecule has 0 unspecified atom stereocenters. The second-order valence-electron chi connectivity index (χ2n) is 6.48. The number of hydrogen-bond donors (Lipinski definition) is 1. The summed E-state index contributed by atoms with van der Waals surface area (Å²) < 4.78 is 10.5. The Morgan fingerprint density at radius 2 is 1.74 bits per heavy atom. The zero-order valence-electron chi connectivity index (χ0n) is 15.2. The second kappa shape index (κ2) is 7.40. The van der Waals surface area contributed by atoms with Gasteiger partial charge in [-0.3, -0.25) is 4.79 Å². The highest BCUT2D eigenvalue weighted by molar-refractivity contribution is 7.10. The molecule has 1 amide bonds. The summed E-state index contributed by atoms with van der Waals surface area (Å²) in [5.74, 6) is 1.72. The Labute approximate surface area is 162 Å². The first-order valence-corrected chi connectivity index (χ1v) is 9.64. The van der Waals surface area contributed by atoms with Crippen molar-refractivity contribution in [2.45, 2.75) is 18.8 Å². The van der Waals surface area contributed by atoms with Crippen molar-refractivity contribution in [1.29, 1.82) is 0 Å². The predicted molar refractivity (Wildman–Crippen MR) is 107 cm³/mol. The van der Waals surface area contributed by atoms with Gasteiger partial charge in [0.2, 0.25) is 0 Å². The Bertz CT molecular complexity index is 940. The number of ether oxygens (including phenoxy) is 2. The van der Waals surface area contributed by atoms with E-state index in [2.05, 4.69) is 10.7 Å². The monoisotopic (exact) mass is 380 g/mol. The molecule has 2 aromatic carbocycles. The fourth-order valence-corrected chi connectivity index (χ4v) is 3.81. The van der Waals surface area contributed by atoms with Gasteiger partial charge in [0.15, 0.2) is 0 Å². The highest BCUT2D eigenvalue weighted by atomic mass is 32.1. The third-order valence-electron chi connectivity index (χ3n) is 4.50. The highest BCUT2D eigenvalue weighted by Gasteiger charge is 2.26. The van der Waals surface area contributed by atoms with Crippen LogP contribution < -0.4 is 14.8 Å². The van der Waals surface area contributed by atoms with E-state index in [1.807, 2.05) is 24.3 Å². The Kier molecular flexibility index (Phi) is 4.81. The number of anilines is 1. The second-order valence-corrected chi connectivity index (χ2v) is 7.37. The lowest BCUT2D eigenvalue weighted by Crippen LogP contribution is -2.11. The number of thiazole rings is 1. The Morgan fingerprint density at radius 1 is 1.07 bits per heavy atom. The largest absolute Gasteiger partial charge is 0.497 e. The molecule has 0 bridgehead atoms. The van der Waals surface area contributed by atoms with Crippen LogP contribution >= 0.6 is 11.3 Å². The van der Waals surface area contributed by atoms with E-state index in [1.54, 1.807) is 43.8 Å². The maximum atomic E-state index is 12.6. The normalized spacial score (nSPS) is 13.3. The summed E-state index contributed by atoms with van der Waals surface area (Å²) in [5, 5.41) is 6.19. The lowest BCUT2D eigenvalue weighted by atomic mass is 10.1. The topological polar surface area (TPSA) is 60.5 Å². The molecule has 0 radical (unpaired) electrons. The average molecular weight is 380 g/mol. The summed E-state index contributed by atoms with van der Waals surface area (Å²) >= 11 is 1.72. The number of nitrogens with one attached hydrogen (secondary N) is 1. The molecule has 1 aliphatic carbocycles. The molecule has 1 heterocycles. The summed E-state index contributed by atoms with van der Waals surface area (Å²) in [6.07, 6.45) is 2.50. The number of benzene rings is 2. The Morgan fingerprint density at radius 3 is 2.33 bits per heavy atom. The van der Waals surface area contributed by atoms with E-state index in [4.69, 9.17) is 14.5 Å². The number of hydrogen-bond acceptors (Lipinski definition) is 5. The van der Waals surface area contributed by atoms with Crippen LogP contribution in [0.2, 0.25) is 0 Å². The van der Waals surface area contributed by atoms with Crippen molar-refractivity contribution in [2.24, 2.45) is 0 Å². The highest BCUT2D eigenvalue weighted by Crippen LogP contribution is 2.42. The summed E-state index contributed by atoms with van der Waals surface area (Å²) in [4.78, 5) is 17.3. The molecule has 0 saturated heterocycles. The number of carbonyl (C=O) groups is 1.